The van der Waals surface area contributed by atoms with Crippen LogP contribution < -0.4 is 19.5 Å². The summed E-state index contributed by atoms with van der Waals surface area (Å²) < 4.78 is 16.2. The van der Waals surface area contributed by atoms with Crippen LogP contribution >= 0.6 is 0 Å². The van der Waals surface area contributed by atoms with Gasteiger partial charge < -0.3 is 19.5 Å². The Labute approximate surface area is 142 Å². The largest absolute Gasteiger partial charge is 0.497 e. The molecular formula is C19H23NO4. The third-order valence-electron chi connectivity index (χ3n) is 3.42. The molecule has 1 N–H and O–H groups in total. The molecule has 128 valence electrons. The zero-order chi connectivity index (χ0) is 17.4. The molecule has 0 unspecified atom stereocenters. The van der Waals surface area contributed by atoms with Gasteiger partial charge in [-0.2, -0.15) is 0 Å². The van der Waals surface area contributed by atoms with Gasteiger partial charge in [0.05, 0.1) is 13.7 Å². The number of rotatable bonds is 8. The van der Waals surface area contributed by atoms with Crippen LogP contribution in [0.4, 0.5) is 0 Å². The minimum absolute atomic E-state index is 0.174. The highest BCUT2D eigenvalue weighted by Gasteiger charge is 2.14. The first-order valence-corrected chi connectivity index (χ1v) is 7.92. The highest BCUT2D eigenvalue weighted by Crippen LogP contribution is 2.20. The third kappa shape index (κ3) is 5.19. The van der Waals surface area contributed by atoms with Gasteiger partial charge in [0.2, 0.25) is 0 Å². The van der Waals surface area contributed by atoms with E-state index in [2.05, 4.69) is 5.32 Å². The van der Waals surface area contributed by atoms with Crippen molar-refractivity contribution in [3.05, 3.63) is 54.1 Å². The van der Waals surface area contributed by atoms with E-state index in [0.717, 1.165) is 11.3 Å². The van der Waals surface area contributed by atoms with Crippen molar-refractivity contribution in [3.63, 3.8) is 0 Å². The lowest BCUT2D eigenvalue weighted by atomic mass is 10.2. The van der Waals surface area contributed by atoms with Crippen LogP contribution in [0, 0.1) is 0 Å². The lowest BCUT2D eigenvalue weighted by molar-refractivity contribution is -0.127. The zero-order valence-electron chi connectivity index (χ0n) is 14.2. The molecule has 5 nitrogen and oxygen atoms in total. The van der Waals surface area contributed by atoms with Crippen molar-refractivity contribution in [2.24, 2.45) is 0 Å². The molecular weight excluding hydrogens is 306 g/mol. The molecule has 5 heteroatoms. The van der Waals surface area contributed by atoms with Crippen molar-refractivity contribution in [3.8, 4) is 17.2 Å². The van der Waals surface area contributed by atoms with Gasteiger partial charge >= 0.3 is 0 Å². The molecule has 1 amide bonds. The van der Waals surface area contributed by atoms with Crippen LogP contribution in [0.1, 0.15) is 19.4 Å². The second-order valence-corrected chi connectivity index (χ2v) is 5.23. The molecule has 0 heterocycles. The fraction of sp³-hybridized carbons (Fsp3) is 0.316. The van der Waals surface area contributed by atoms with Crippen molar-refractivity contribution in [1.29, 1.82) is 0 Å². The molecule has 0 saturated heterocycles. The maximum Gasteiger partial charge on any atom is 0.261 e. The number of hydrogen-bond donors (Lipinski definition) is 1. The van der Waals surface area contributed by atoms with E-state index in [9.17, 15) is 4.79 Å². The maximum atomic E-state index is 12.2. The summed E-state index contributed by atoms with van der Waals surface area (Å²) in [5.41, 5.74) is 1.00. The summed E-state index contributed by atoms with van der Waals surface area (Å²) in [6.07, 6.45) is -0.597. The number of methoxy groups -OCH3 is 1. The average Bonchev–Trinajstić information content (AvgIpc) is 2.61. The Balaban J connectivity index is 1.84. The topological polar surface area (TPSA) is 56.8 Å². The minimum atomic E-state index is -0.597. The van der Waals surface area contributed by atoms with Crippen LogP contribution in [0.25, 0.3) is 0 Å². The van der Waals surface area contributed by atoms with Gasteiger partial charge in [-0.3, -0.25) is 4.79 Å². The van der Waals surface area contributed by atoms with Crippen LogP contribution in [-0.2, 0) is 11.3 Å². The first-order chi connectivity index (χ1) is 11.6. The molecule has 0 aliphatic carbocycles. The number of ether oxygens (including phenoxy) is 3. The predicted octanol–water partition coefficient (Wildman–Crippen LogP) is 3.18. The second-order valence-electron chi connectivity index (χ2n) is 5.23. The molecule has 2 aromatic carbocycles. The van der Waals surface area contributed by atoms with Gasteiger partial charge in [-0.15, -0.1) is 0 Å². The molecule has 0 bridgehead atoms. The van der Waals surface area contributed by atoms with E-state index >= 15 is 0 Å². The predicted molar refractivity (Wildman–Crippen MR) is 92.5 cm³/mol. The molecule has 0 radical (unpaired) electrons. The summed E-state index contributed by atoms with van der Waals surface area (Å²) >= 11 is 0. The Hall–Kier alpha value is -2.69. The van der Waals surface area contributed by atoms with E-state index in [1.807, 2.05) is 43.3 Å². The lowest BCUT2D eigenvalue weighted by Gasteiger charge is -2.15. The highest BCUT2D eigenvalue weighted by molar-refractivity contribution is 5.80. The number of benzene rings is 2. The summed E-state index contributed by atoms with van der Waals surface area (Å²) in [7, 11) is 1.59. The first kappa shape index (κ1) is 17.7. The summed E-state index contributed by atoms with van der Waals surface area (Å²) in [5.74, 6) is 1.93. The van der Waals surface area contributed by atoms with Crippen molar-refractivity contribution < 1.29 is 19.0 Å². The Morgan fingerprint density at radius 1 is 1.08 bits per heavy atom. The molecule has 0 aliphatic rings. The Kier molecular flexibility index (Phi) is 6.49. The van der Waals surface area contributed by atoms with E-state index < -0.39 is 6.10 Å². The fourth-order valence-electron chi connectivity index (χ4n) is 2.14. The second kappa shape index (κ2) is 8.82. The normalized spacial score (nSPS) is 11.5. The number of carbonyl (C=O) groups is 1. The molecule has 0 fully saturated rings. The van der Waals surface area contributed by atoms with Crippen LogP contribution in [0.15, 0.2) is 48.5 Å². The van der Waals surface area contributed by atoms with Gasteiger partial charge in [0, 0.05) is 12.6 Å². The minimum Gasteiger partial charge on any atom is -0.497 e. The van der Waals surface area contributed by atoms with Gasteiger partial charge in [0.25, 0.3) is 5.91 Å². The van der Waals surface area contributed by atoms with Crippen LogP contribution in [0.5, 0.6) is 17.2 Å². The number of amides is 1. The maximum absolute atomic E-state index is 12.2. The van der Waals surface area contributed by atoms with Crippen LogP contribution in [-0.4, -0.2) is 25.7 Å². The van der Waals surface area contributed by atoms with Crippen molar-refractivity contribution in [2.75, 3.05) is 13.7 Å². The Morgan fingerprint density at radius 3 is 2.46 bits per heavy atom. The van der Waals surface area contributed by atoms with Crippen molar-refractivity contribution in [1.82, 2.24) is 5.32 Å². The molecule has 0 spiro atoms. The van der Waals surface area contributed by atoms with E-state index in [0.29, 0.717) is 24.7 Å². The zero-order valence-corrected chi connectivity index (χ0v) is 14.2. The highest BCUT2D eigenvalue weighted by atomic mass is 16.5. The average molecular weight is 329 g/mol. The number of nitrogens with one attached hydrogen (secondary N) is 1. The lowest BCUT2D eigenvalue weighted by Crippen LogP contribution is -2.35. The fourth-order valence-corrected chi connectivity index (χ4v) is 2.14. The van der Waals surface area contributed by atoms with Crippen molar-refractivity contribution in [2.45, 2.75) is 26.5 Å². The van der Waals surface area contributed by atoms with Gasteiger partial charge in [-0.05, 0) is 43.7 Å². The van der Waals surface area contributed by atoms with Crippen LogP contribution in [0.2, 0.25) is 0 Å². The number of hydrogen-bond acceptors (Lipinski definition) is 4. The van der Waals surface area contributed by atoms with E-state index in [1.165, 1.54) is 0 Å². The SMILES string of the molecule is CCOc1ccc(CNC(=O)[C@H](C)Oc2cccc(OC)c2)cc1. The van der Waals surface area contributed by atoms with Crippen molar-refractivity contribution >= 4 is 5.91 Å². The molecule has 0 aliphatic heterocycles. The van der Waals surface area contributed by atoms with E-state index in [-0.39, 0.29) is 5.91 Å². The third-order valence-corrected chi connectivity index (χ3v) is 3.42. The summed E-state index contributed by atoms with van der Waals surface area (Å²) in [4.78, 5) is 12.2. The number of carbonyl (C=O) groups excluding carboxylic acids is 1. The van der Waals surface area contributed by atoms with Crippen LogP contribution in [0.3, 0.4) is 0 Å². The van der Waals surface area contributed by atoms with Gasteiger partial charge in [-0.25, -0.2) is 0 Å². The molecule has 0 aromatic heterocycles. The molecule has 2 aromatic rings. The van der Waals surface area contributed by atoms with E-state index in [4.69, 9.17) is 14.2 Å². The molecule has 2 rings (SSSR count). The smallest absolute Gasteiger partial charge is 0.261 e. The first-order valence-electron chi connectivity index (χ1n) is 7.92. The monoisotopic (exact) mass is 329 g/mol. The van der Waals surface area contributed by atoms with Gasteiger partial charge in [0.1, 0.15) is 17.2 Å². The molecule has 24 heavy (non-hydrogen) atoms. The standard InChI is InChI=1S/C19H23NO4/c1-4-23-16-10-8-15(9-11-16)13-20-19(21)14(2)24-18-7-5-6-17(12-18)22-3/h5-12,14H,4,13H2,1-3H3,(H,20,21)/t14-/m0/s1. The van der Waals surface area contributed by atoms with Gasteiger partial charge in [0.15, 0.2) is 6.10 Å². The Bertz CT molecular complexity index is 655. The summed E-state index contributed by atoms with van der Waals surface area (Å²) in [6.45, 7) is 4.73. The molecule has 0 saturated carbocycles. The summed E-state index contributed by atoms with van der Waals surface area (Å²) in [6, 6.07) is 14.8. The molecule has 1 atom stereocenters. The quantitative estimate of drug-likeness (QED) is 0.808. The van der Waals surface area contributed by atoms with Gasteiger partial charge in [-0.1, -0.05) is 18.2 Å². The van der Waals surface area contributed by atoms with E-state index in [1.54, 1.807) is 26.2 Å². The summed E-state index contributed by atoms with van der Waals surface area (Å²) in [5, 5.41) is 2.86. The Morgan fingerprint density at radius 2 is 1.79 bits per heavy atom.